The van der Waals surface area contributed by atoms with Crippen molar-refractivity contribution < 1.29 is 9.53 Å². The monoisotopic (exact) mass is 359 g/mol. The van der Waals surface area contributed by atoms with Crippen LogP contribution in [0.15, 0.2) is 33.9 Å². The predicted molar refractivity (Wildman–Crippen MR) is 101 cm³/mol. The van der Waals surface area contributed by atoms with Gasteiger partial charge in [0.1, 0.15) is 11.9 Å². The van der Waals surface area contributed by atoms with E-state index in [1.165, 1.54) is 17.2 Å². The van der Waals surface area contributed by atoms with Crippen molar-refractivity contribution in [2.75, 3.05) is 11.9 Å². The number of rotatable bonds is 7. The van der Waals surface area contributed by atoms with Crippen molar-refractivity contribution in [2.24, 2.45) is 0 Å². The van der Waals surface area contributed by atoms with E-state index in [1.807, 2.05) is 25.1 Å². The van der Waals surface area contributed by atoms with E-state index >= 15 is 0 Å². The van der Waals surface area contributed by atoms with Gasteiger partial charge in [-0.15, -0.1) is 0 Å². The predicted octanol–water partition coefficient (Wildman–Crippen LogP) is 2.67. The van der Waals surface area contributed by atoms with E-state index in [0.717, 1.165) is 16.7 Å². The fourth-order valence-electron chi connectivity index (χ4n) is 2.85. The van der Waals surface area contributed by atoms with Crippen molar-refractivity contribution >= 4 is 17.5 Å². The van der Waals surface area contributed by atoms with Gasteiger partial charge in [-0.25, -0.2) is 14.2 Å². The quantitative estimate of drug-likeness (QED) is 0.742. The minimum atomic E-state index is -0.939. The van der Waals surface area contributed by atoms with Crippen LogP contribution in [0.2, 0.25) is 0 Å². The van der Waals surface area contributed by atoms with E-state index < -0.39 is 23.3 Å². The zero-order chi connectivity index (χ0) is 19.3. The third-order valence-electron chi connectivity index (χ3n) is 4.23. The Morgan fingerprint density at radius 3 is 2.54 bits per heavy atom. The van der Waals surface area contributed by atoms with E-state index in [9.17, 15) is 14.4 Å². The molecule has 1 unspecified atom stereocenters. The minimum Gasteiger partial charge on any atom is -0.464 e. The van der Waals surface area contributed by atoms with Gasteiger partial charge in [0.15, 0.2) is 0 Å². The fraction of sp³-hybridized carbons (Fsp3) is 0.421. The molecule has 26 heavy (non-hydrogen) atoms. The summed E-state index contributed by atoms with van der Waals surface area (Å²) >= 11 is 0. The molecule has 0 aliphatic heterocycles. The third-order valence-corrected chi connectivity index (χ3v) is 4.23. The van der Waals surface area contributed by atoms with Gasteiger partial charge in [0.2, 0.25) is 0 Å². The number of anilines is 2. The Morgan fingerprint density at radius 1 is 1.23 bits per heavy atom. The Labute approximate surface area is 152 Å². The molecular weight excluding hydrogens is 334 g/mol. The van der Waals surface area contributed by atoms with Crippen LogP contribution in [0.3, 0.4) is 0 Å². The van der Waals surface area contributed by atoms with Crippen LogP contribution in [0.25, 0.3) is 0 Å². The molecule has 0 aliphatic rings. The number of hydrogen-bond acceptors (Lipinski definition) is 5. The van der Waals surface area contributed by atoms with E-state index in [2.05, 4.69) is 17.2 Å². The van der Waals surface area contributed by atoms with E-state index in [4.69, 9.17) is 4.74 Å². The van der Waals surface area contributed by atoms with Crippen LogP contribution in [-0.2, 0) is 16.0 Å². The zero-order valence-corrected chi connectivity index (χ0v) is 15.6. The maximum atomic E-state index is 12.4. The first kappa shape index (κ1) is 19.5. The number of carbonyl (C=O) groups excluding carboxylic acids is 1. The molecule has 1 heterocycles. The van der Waals surface area contributed by atoms with Crippen LogP contribution in [-0.4, -0.2) is 22.1 Å². The van der Waals surface area contributed by atoms with Gasteiger partial charge in [0, 0.05) is 11.8 Å². The number of H-pyrrole nitrogens is 1. The highest BCUT2D eigenvalue weighted by atomic mass is 16.5. The molecular formula is C19H25N3O4. The highest BCUT2D eigenvalue weighted by molar-refractivity contribution is 5.74. The Balaban J connectivity index is 2.36. The topological polar surface area (TPSA) is 93.2 Å². The first-order valence-corrected chi connectivity index (χ1v) is 8.80. The normalized spacial score (nSPS) is 11.8. The summed E-state index contributed by atoms with van der Waals surface area (Å²) in [6.45, 7) is 7.69. The van der Waals surface area contributed by atoms with Gasteiger partial charge >= 0.3 is 11.7 Å². The minimum absolute atomic E-state index is 0.189. The second-order valence-electron chi connectivity index (χ2n) is 5.99. The molecule has 2 N–H and O–H groups in total. The van der Waals surface area contributed by atoms with Crippen molar-refractivity contribution in [1.82, 2.24) is 9.55 Å². The summed E-state index contributed by atoms with van der Waals surface area (Å²) in [4.78, 5) is 39.5. The SMILES string of the molecule is CCOC(=O)C(CC)n1c(=O)cc(Nc2ccc(C)c(CC)c2)[nH]c1=O. The molecule has 2 aromatic rings. The molecule has 7 heteroatoms. The summed E-state index contributed by atoms with van der Waals surface area (Å²) < 4.78 is 5.85. The number of aromatic amines is 1. The summed E-state index contributed by atoms with van der Waals surface area (Å²) in [5, 5.41) is 3.04. The maximum absolute atomic E-state index is 12.4. The molecule has 0 amide bonds. The zero-order valence-electron chi connectivity index (χ0n) is 15.6. The lowest BCUT2D eigenvalue weighted by Gasteiger charge is -2.16. The van der Waals surface area contributed by atoms with Crippen molar-refractivity contribution in [3.05, 3.63) is 56.2 Å². The Kier molecular flexibility index (Phi) is 6.38. The smallest absolute Gasteiger partial charge is 0.330 e. The maximum Gasteiger partial charge on any atom is 0.330 e. The van der Waals surface area contributed by atoms with Crippen molar-refractivity contribution in [1.29, 1.82) is 0 Å². The van der Waals surface area contributed by atoms with Crippen LogP contribution in [0.1, 0.15) is 44.4 Å². The molecule has 0 saturated heterocycles. The van der Waals surface area contributed by atoms with Gasteiger partial charge < -0.3 is 10.1 Å². The van der Waals surface area contributed by atoms with Gasteiger partial charge in [-0.2, -0.15) is 0 Å². The van der Waals surface area contributed by atoms with Gasteiger partial charge in [-0.3, -0.25) is 9.78 Å². The first-order valence-electron chi connectivity index (χ1n) is 8.80. The molecule has 0 spiro atoms. The molecule has 2 rings (SSSR count). The van der Waals surface area contributed by atoms with Gasteiger partial charge in [-0.1, -0.05) is 19.9 Å². The molecule has 1 aromatic carbocycles. The lowest BCUT2D eigenvalue weighted by molar-refractivity contribution is -0.147. The summed E-state index contributed by atoms with van der Waals surface area (Å²) in [6.07, 6.45) is 1.17. The van der Waals surface area contributed by atoms with Crippen LogP contribution in [0.5, 0.6) is 0 Å². The van der Waals surface area contributed by atoms with Crippen LogP contribution in [0.4, 0.5) is 11.5 Å². The second-order valence-corrected chi connectivity index (χ2v) is 5.99. The van der Waals surface area contributed by atoms with E-state index in [0.29, 0.717) is 0 Å². The van der Waals surface area contributed by atoms with Crippen molar-refractivity contribution in [3.8, 4) is 0 Å². The number of benzene rings is 1. The summed E-state index contributed by atoms with van der Waals surface area (Å²) in [7, 11) is 0. The standard InChI is InChI=1S/C19H25N3O4/c1-5-13-10-14(9-8-12(13)4)20-16-11-17(23)22(19(25)21-16)15(6-2)18(24)26-7-3/h8-11,15,20H,5-7H2,1-4H3,(H,21,25). The first-order chi connectivity index (χ1) is 12.4. The number of ether oxygens (including phenoxy) is 1. The van der Waals surface area contributed by atoms with Crippen molar-refractivity contribution in [2.45, 2.75) is 46.6 Å². The van der Waals surface area contributed by atoms with Gasteiger partial charge in [0.25, 0.3) is 5.56 Å². The number of nitrogens with zero attached hydrogens (tertiary/aromatic N) is 1. The van der Waals surface area contributed by atoms with E-state index in [1.54, 1.807) is 13.8 Å². The number of aryl methyl sites for hydroxylation is 2. The molecule has 0 saturated carbocycles. The third kappa shape index (κ3) is 4.22. The number of nitrogens with one attached hydrogen (secondary N) is 2. The Morgan fingerprint density at radius 2 is 1.96 bits per heavy atom. The number of hydrogen-bond donors (Lipinski definition) is 2. The average molecular weight is 359 g/mol. The lowest BCUT2D eigenvalue weighted by Crippen LogP contribution is -2.41. The number of aromatic nitrogens is 2. The molecule has 0 bridgehead atoms. The molecule has 0 fully saturated rings. The fourth-order valence-corrected chi connectivity index (χ4v) is 2.85. The molecule has 1 aromatic heterocycles. The van der Waals surface area contributed by atoms with Gasteiger partial charge in [-0.05, 0) is 49.9 Å². The Bertz CT molecular complexity index is 867. The second kappa shape index (κ2) is 8.51. The number of esters is 1. The molecule has 0 radical (unpaired) electrons. The molecule has 0 aliphatic carbocycles. The van der Waals surface area contributed by atoms with Gasteiger partial charge in [0.05, 0.1) is 6.61 Å². The van der Waals surface area contributed by atoms with Crippen LogP contribution >= 0.6 is 0 Å². The Hall–Kier alpha value is -2.83. The molecule has 7 nitrogen and oxygen atoms in total. The van der Waals surface area contributed by atoms with Crippen LogP contribution < -0.4 is 16.6 Å². The largest absolute Gasteiger partial charge is 0.464 e. The average Bonchev–Trinajstić information content (AvgIpc) is 2.59. The lowest BCUT2D eigenvalue weighted by atomic mass is 10.1. The van der Waals surface area contributed by atoms with Crippen LogP contribution in [0, 0.1) is 6.92 Å². The highest BCUT2D eigenvalue weighted by Gasteiger charge is 2.23. The summed E-state index contributed by atoms with van der Waals surface area (Å²) in [6, 6.07) is 6.17. The van der Waals surface area contributed by atoms with Crippen molar-refractivity contribution in [3.63, 3.8) is 0 Å². The highest BCUT2D eigenvalue weighted by Crippen LogP contribution is 2.18. The summed E-state index contributed by atoms with van der Waals surface area (Å²) in [5.41, 5.74) is 1.93. The molecule has 140 valence electrons. The van der Waals surface area contributed by atoms with E-state index in [-0.39, 0.29) is 18.8 Å². The summed E-state index contributed by atoms with van der Waals surface area (Å²) in [5.74, 6) is -0.310. The number of carbonyl (C=O) groups is 1. The molecule has 1 atom stereocenters.